The molecule has 0 unspecified atom stereocenters. The first-order valence-electron chi connectivity index (χ1n) is 15.0. The molecule has 1 N–H and O–H groups in total. The van der Waals surface area contributed by atoms with E-state index in [1.807, 2.05) is 67.6 Å². The molecule has 4 aromatic rings. The molecule has 0 spiro atoms. The SMILES string of the molecule is COc1cc(/C=N\N=C2\S/C(=C\c3ccccc3OCC(=O)Nc3ccc(C)cc3)C(=O)N2Cc2ccco2)ccc1OCC(C)C. The number of furan rings is 1. The molecule has 1 saturated heterocycles. The average molecular weight is 653 g/mol. The van der Waals surface area contributed by atoms with Crippen molar-refractivity contribution in [2.45, 2.75) is 27.3 Å². The van der Waals surface area contributed by atoms with Crippen LogP contribution < -0.4 is 19.5 Å². The fourth-order valence-corrected chi connectivity index (χ4v) is 5.34. The van der Waals surface area contributed by atoms with Gasteiger partial charge in [-0.15, -0.1) is 5.10 Å². The maximum absolute atomic E-state index is 13.6. The number of hydrogen-bond acceptors (Lipinski definition) is 9. The van der Waals surface area contributed by atoms with E-state index in [0.717, 1.165) is 11.1 Å². The predicted octanol–water partition coefficient (Wildman–Crippen LogP) is 7.16. The number of carbonyl (C=O) groups excluding carboxylic acids is 2. The van der Waals surface area contributed by atoms with E-state index in [2.05, 4.69) is 29.4 Å². The minimum atomic E-state index is -0.296. The number of aryl methyl sites for hydroxylation is 1. The van der Waals surface area contributed by atoms with Crippen molar-refractivity contribution in [3.05, 3.63) is 112 Å². The van der Waals surface area contributed by atoms with Crippen molar-refractivity contribution in [1.82, 2.24) is 4.90 Å². The molecule has 1 aliphatic rings. The normalized spacial score (nSPS) is 14.8. The highest BCUT2D eigenvalue weighted by Gasteiger charge is 2.34. The second-order valence-electron chi connectivity index (χ2n) is 11.1. The zero-order chi connectivity index (χ0) is 33.2. The van der Waals surface area contributed by atoms with Crippen molar-refractivity contribution in [1.29, 1.82) is 0 Å². The molecule has 0 bridgehead atoms. The fraction of sp³-hybridized carbons (Fsp3) is 0.222. The van der Waals surface area contributed by atoms with Crippen LogP contribution >= 0.6 is 11.8 Å². The number of carbonyl (C=O) groups is 2. The van der Waals surface area contributed by atoms with E-state index in [0.29, 0.717) is 56.9 Å². The van der Waals surface area contributed by atoms with Crippen LogP contribution in [-0.2, 0) is 16.1 Å². The summed E-state index contributed by atoms with van der Waals surface area (Å²) >= 11 is 1.19. The third-order valence-corrected chi connectivity index (χ3v) is 7.79. The Morgan fingerprint density at radius 2 is 1.81 bits per heavy atom. The van der Waals surface area contributed by atoms with E-state index in [-0.39, 0.29) is 25.0 Å². The molecular weight excluding hydrogens is 616 g/mol. The van der Waals surface area contributed by atoms with Gasteiger partial charge >= 0.3 is 0 Å². The van der Waals surface area contributed by atoms with Gasteiger partial charge in [0.1, 0.15) is 11.5 Å². The maximum atomic E-state index is 13.6. The highest BCUT2D eigenvalue weighted by molar-refractivity contribution is 8.18. The lowest BCUT2D eigenvalue weighted by Crippen LogP contribution is -2.28. The van der Waals surface area contributed by atoms with Gasteiger partial charge in [-0.25, -0.2) is 0 Å². The number of amidine groups is 1. The number of nitrogens with one attached hydrogen (secondary N) is 1. The van der Waals surface area contributed by atoms with Crippen molar-refractivity contribution in [3.63, 3.8) is 0 Å². The summed E-state index contributed by atoms with van der Waals surface area (Å²) in [4.78, 5) is 28.1. The maximum Gasteiger partial charge on any atom is 0.267 e. The molecule has 0 aliphatic carbocycles. The third-order valence-electron chi connectivity index (χ3n) is 6.79. The number of anilines is 1. The summed E-state index contributed by atoms with van der Waals surface area (Å²) in [7, 11) is 1.59. The summed E-state index contributed by atoms with van der Waals surface area (Å²) < 4.78 is 22.7. The van der Waals surface area contributed by atoms with Gasteiger partial charge in [0, 0.05) is 11.3 Å². The number of rotatable bonds is 13. The predicted molar refractivity (Wildman–Crippen MR) is 185 cm³/mol. The number of ether oxygens (including phenoxy) is 3. The molecule has 2 amide bonds. The van der Waals surface area contributed by atoms with E-state index >= 15 is 0 Å². The van der Waals surface area contributed by atoms with Crippen LogP contribution in [0.25, 0.3) is 6.08 Å². The van der Waals surface area contributed by atoms with E-state index < -0.39 is 0 Å². The molecule has 47 heavy (non-hydrogen) atoms. The molecule has 0 radical (unpaired) electrons. The molecule has 0 atom stereocenters. The molecule has 1 aromatic heterocycles. The number of hydrogen-bond donors (Lipinski definition) is 1. The highest BCUT2D eigenvalue weighted by atomic mass is 32.2. The molecule has 3 aromatic carbocycles. The first-order chi connectivity index (χ1) is 22.8. The summed E-state index contributed by atoms with van der Waals surface area (Å²) in [6.07, 6.45) is 4.87. The number of benzene rings is 3. The van der Waals surface area contributed by atoms with E-state index in [1.54, 1.807) is 43.9 Å². The van der Waals surface area contributed by atoms with Gasteiger partial charge in [0.05, 0.1) is 37.6 Å². The first-order valence-corrected chi connectivity index (χ1v) is 15.8. The molecule has 242 valence electrons. The van der Waals surface area contributed by atoms with Gasteiger partial charge in [0.15, 0.2) is 23.3 Å². The highest BCUT2D eigenvalue weighted by Crippen LogP contribution is 2.35. The van der Waals surface area contributed by atoms with Gasteiger partial charge in [-0.3, -0.25) is 14.5 Å². The minimum Gasteiger partial charge on any atom is -0.493 e. The van der Waals surface area contributed by atoms with Crippen LogP contribution in [0.4, 0.5) is 5.69 Å². The molecule has 2 heterocycles. The molecule has 11 heteroatoms. The lowest BCUT2D eigenvalue weighted by atomic mass is 10.2. The van der Waals surface area contributed by atoms with Gasteiger partial charge in [-0.05, 0) is 84.8 Å². The van der Waals surface area contributed by atoms with Crippen molar-refractivity contribution in [3.8, 4) is 17.2 Å². The smallest absolute Gasteiger partial charge is 0.267 e. The fourth-order valence-electron chi connectivity index (χ4n) is 4.42. The summed E-state index contributed by atoms with van der Waals surface area (Å²) in [5.74, 6) is 2.12. The Labute approximate surface area is 278 Å². The number of amides is 2. The molecule has 5 rings (SSSR count). The Kier molecular flexibility index (Phi) is 11.1. The number of methoxy groups -OCH3 is 1. The number of nitrogens with zero attached hydrogens (tertiary/aromatic N) is 3. The van der Waals surface area contributed by atoms with Gasteiger partial charge in [-0.2, -0.15) is 5.10 Å². The van der Waals surface area contributed by atoms with Crippen LogP contribution in [0.15, 0.2) is 105 Å². The topological polar surface area (TPSA) is 115 Å². The largest absolute Gasteiger partial charge is 0.493 e. The standard InChI is InChI=1S/C36H36N4O6S/c1-24(2)22-45-31-16-13-26(18-32(31)43-4)20-37-39-36-40(21-29-9-7-17-44-29)35(42)33(47-36)19-27-8-5-6-10-30(27)46-23-34(41)38-28-14-11-25(3)12-15-28/h5-20,24H,21-23H2,1-4H3,(H,38,41)/b33-19-,37-20-,39-36+. The zero-order valence-electron chi connectivity index (χ0n) is 26.6. The summed E-state index contributed by atoms with van der Waals surface area (Å²) in [6.45, 7) is 6.69. The lowest BCUT2D eigenvalue weighted by molar-refractivity contribution is -0.122. The van der Waals surface area contributed by atoms with Gasteiger partial charge in [-0.1, -0.05) is 49.7 Å². The Balaban J connectivity index is 1.33. The second kappa shape index (κ2) is 15.8. The summed E-state index contributed by atoms with van der Waals surface area (Å²) in [5, 5.41) is 11.9. The first kappa shape index (κ1) is 33.1. The summed E-state index contributed by atoms with van der Waals surface area (Å²) in [5.41, 5.74) is 3.18. The Morgan fingerprint density at radius 3 is 2.55 bits per heavy atom. The van der Waals surface area contributed by atoms with Crippen molar-refractivity contribution < 1.29 is 28.2 Å². The quantitative estimate of drug-likeness (QED) is 0.0926. The average Bonchev–Trinajstić information content (AvgIpc) is 3.69. The minimum absolute atomic E-state index is 0.178. The molecule has 10 nitrogen and oxygen atoms in total. The van der Waals surface area contributed by atoms with Crippen LogP contribution in [0, 0.1) is 12.8 Å². The molecular formula is C36H36N4O6S. The Hall–Kier alpha value is -5.29. The van der Waals surface area contributed by atoms with Crippen molar-refractivity contribution in [2.75, 3.05) is 25.6 Å². The zero-order valence-corrected chi connectivity index (χ0v) is 27.5. The van der Waals surface area contributed by atoms with Crippen molar-refractivity contribution >= 4 is 46.7 Å². The van der Waals surface area contributed by atoms with Crippen LogP contribution in [-0.4, -0.2) is 48.4 Å². The van der Waals surface area contributed by atoms with Crippen LogP contribution in [0.1, 0.15) is 36.3 Å². The molecule has 1 fully saturated rings. The van der Waals surface area contributed by atoms with E-state index in [9.17, 15) is 9.59 Å². The van der Waals surface area contributed by atoms with E-state index in [1.165, 1.54) is 16.7 Å². The van der Waals surface area contributed by atoms with Crippen LogP contribution in [0.3, 0.4) is 0 Å². The van der Waals surface area contributed by atoms with Gasteiger partial charge < -0.3 is 23.9 Å². The van der Waals surface area contributed by atoms with Crippen LogP contribution in [0.2, 0.25) is 0 Å². The van der Waals surface area contributed by atoms with Gasteiger partial charge in [0.25, 0.3) is 11.8 Å². The number of thioether (sulfide) groups is 1. The Morgan fingerprint density at radius 1 is 1.00 bits per heavy atom. The van der Waals surface area contributed by atoms with Crippen molar-refractivity contribution in [2.24, 2.45) is 16.1 Å². The lowest BCUT2D eigenvalue weighted by Gasteiger charge is -2.13. The monoisotopic (exact) mass is 652 g/mol. The molecule has 0 saturated carbocycles. The van der Waals surface area contributed by atoms with E-state index in [4.69, 9.17) is 18.6 Å². The third kappa shape index (κ3) is 9.14. The molecule has 1 aliphatic heterocycles. The van der Waals surface area contributed by atoms with Gasteiger partial charge in [0.2, 0.25) is 0 Å². The number of para-hydroxylation sites is 1. The Bertz CT molecular complexity index is 1780. The van der Waals surface area contributed by atoms with Crippen LogP contribution in [0.5, 0.6) is 17.2 Å². The second-order valence-corrected chi connectivity index (χ2v) is 12.1. The summed E-state index contributed by atoms with van der Waals surface area (Å²) in [6, 6.07) is 23.8.